The molecule has 3 heterocycles. The van der Waals surface area contributed by atoms with E-state index in [0.717, 1.165) is 20.8 Å². The van der Waals surface area contributed by atoms with Crippen molar-refractivity contribution in [1.29, 1.82) is 0 Å². The number of halogens is 1. The van der Waals surface area contributed by atoms with E-state index in [1.54, 1.807) is 24.5 Å². The molecular formula is C15H11FN2OS. The van der Waals surface area contributed by atoms with Crippen molar-refractivity contribution >= 4 is 22.4 Å². The summed E-state index contributed by atoms with van der Waals surface area (Å²) in [6.07, 6.45) is 1.19. The van der Waals surface area contributed by atoms with Gasteiger partial charge in [0.2, 0.25) is 0 Å². The van der Waals surface area contributed by atoms with E-state index in [2.05, 4.69) is 21.8 Å². The molecular weight excluding hydrogens is 275 g/mol. The van der Waals surface area contributed by atoms with E-state index in [1.807, 2.05) is 12.1 Å². The fraction of sp³-hybridized carbons (Fsp3) is 0.133. The van der Waals surface area contributed by atoms with Gasteiger partial charge in [-0.25, -0.2) is 9.37 Å². The fourth-order valence-corrected chi connectivity index (χ4v) is 2.68. The molecule has 0 saturated carbocycles. The maximum atomic E-state index is 13.0. The molecule has 0 aliphatic carbocycles. The second-order valence-corrected chi connectivity index (χ2v) is 5.39. The van der Waals surface area contributed by atoms with Crippen LogP contribution in [0, 0.1) is 17.7 Å². The zero-order chi connectivity index (χ0) is 13.9. The number of aromatic amines is 1. The van der Waals surface area contributed by atoms with Crippen molar-refractivity contribution in [2.75, 3.05) is 7.11 Å². The van der Waals surface area contributed by atoms with Gasteiger partial charge < -0.3 is 9.72 Å². The highest BCUT2D eigenvalue weighted by Crippen LogP contribution is 2.17. The fourth-order valence-electron chi connectivity index (χ4n) is 1.85. The number of nitrogens with zero attached hydrogens (tertiary/aromatic N) is 1. The molecule has 0 amide bonds. The van der Waals surface area contributed by atoms with Crippen molar-refractivity contribution in [2.45, 2.75) is 6.61 Å². The lowest BCUT2D eigenvalue weighted by Gasteiger charge is -1.89. The predicted octanol–water partition coefficient (Wildman–Crippen LogP) is 3.31. The van der Waals surface area contributed by atoms with Gasteiger partial charge in [0.25, 0.3) is 0 Å². The Labute approximate surface area is 119 Å². The second kappa shape index (κ2) is 5.45. The molecule has 0 aromatic carbocycles. The first-order valence-corrected chi connectivity index (χ1v) is 6.80. The summed E-state index contributed by atoms with van der Waals surface area (Å²) in [5.74, 6) is 5.75. The first-order chi connectivity index (χ1) is 9.74. The minimum atomic E-state index is -0.349. The Morgan fingerprint density at radius 1 is 1.35 bits per heavy atom. The molecule has 0 unspecified atom stereocenters. The van der Waals surface area contributed by atoms with Crippen LogP contribution in [0.15, 0.2) is 30.5 Å². The SMILES string of the molecule is COCc1ccc(C#Cc2cc3cc(F)cnc3[nH]2)s1. The standard InChI is InChI=1S/C15H11FN2OS/c1-19-9-14-5-4-13(20-14)3-2-12-7-10-6-11(16)8-17-15(10)18-12/h4-8H,9H2,1H3,(H,17,18). The van der Waals surface area contributed by atoms with E-state index < -0.39 is 0 Å². The van der Waals surface area contributed by atoms with Crippen LogP contribution < -0.4 is 0 Å². The Bertz CT molecular complexity index is 810. The van der Waals surface area contributed by atoms with Gasteiger partial charge in [0.15, 0.2) is 0 Å². The third-order valence-corrected chi connectivity index (χ3v) is 3.68. The van der Waals surface area contributed by atoms with Gasteiger partial charge in [0, 0.05) is 17.4 Å². The summed E-state index contributed by atoms with van der Waals surface area (Å²) in [5.41, 5.74) is 1.36. The van der Waals surface area contributed by atoms with Crippen molar-refractivity contribution in [3.05, 3.63) is 51.7 Å². The van der Waals surface area contributed by atoms with Crippen molar-refractivity contribution < 1.29 is 9.13 Å². The van der Waals surface area contributed by atoms with Gasteiger partial charge in [0.05, 0.1) is 23.4 Å². The lowest BCUT2D eigenvalue weighted by atomic mass is 10.3. The monoisotopic (exact) mass is 286 g/mol. The van der Waals surface area contributed by atoms with E-state index >= 15 is 0 Å². The van der Waals surface area contributed by atoms with Crippen molar-refractivity contribution in [2.24, 2.45) is 0 Å². The normalized spacial score (nSPS) is 10.5. The molecule has 0 saturated heterocycles. The number of hydrogen-bond donors (Lipinski definition) is 1. The molecule has 0 fully saturated rings. The number of ether oxygens (including phenoxy) is 1. The topological polar surface area (TPSA) is 37.9 Å². The minimum Gasteiger partial charge on any atom is -0.379 e. The van der Waals surface area contributed by atoms with E-state index in [1.165, 1.54) is 12.3 Å². The summed E-state index contributed by atoms with van der Waals surface area (Å²) in [5, 5.41) is 0.723. The van der Waals surface area contributed by atoms with Crippen LogP contribution in [0.5, 0.6) is 0 Å². The highest BCUT2D eigenvalue weighted by atomic mass is 32.1. The van der Waals surface area contributed by atoms with Crippen molar-refractivity contribution in [1.82, 2.24) is 9.97 Å². The van der Waals surface area contributed by atoms with Gasteiger partial charge >= 0.3 is 0 Å². The van der Waals surface area contributed by atoms with Crippen LogP contribution in [0.2, 0.25) is 0 Å². The zero-order valence-electron chi connectivity index (χ0n) is 10.7. The summed E-state index contributed by atoms with van der Waals surface area (Å²) < 4.78 is 18.1. The second-order valence-electron chi connectivity index (χ2n) is 4.22. The van der Waals surface area contributed by atoms with E-state index in [-0.39, 0.29) is 5.82 Å². The quantitative estimate of drug-likeness (QED) is 0.734. The Hall–Kier alpha value is -2.16. The average Bonchev–Trinajstić information content (AvgIpc) is 3.02. The molecule has 0 aliphatic heterocycles. The summed E-state index contributed by atoms with van der Waals surface area (Å²) in [6, 6.07) is 7.20. The highest BCUT2D eigenvalue weighted by Gasteiger charge is 2.01. The predicted molar refractivity (Wildman–Crippen MR) is 77.1 cm³/mol. The van der Waals surface area contributed by atoms with Gasteiger partial charge in [-0.1, -0.05) is 0 Å². The lowest BCUT2D eigenvalue weighted by molar-refractivity contribution is 0.187. The Morgan fingerprint density at radius 2 is 2.25 bits per heavy atom. The molecule has 5 heteroatoms. The highest BCUT2D eigenvalue weighted by molar-refractivity contribution is 7.12. The lowest BCUT2D eigenvalue weighted by Crippen LogP contribution is -1.79. The Morgan fingerprint density at radius 3 is 3.10 bits per heavy atom. The molecule has 3 aromatic heterocycles. The molecule has 3 aromatic rings. The first-order valence-electron chi connectivity index (χ1n) is 5.98. The number of hydrogen-bond acceptors (Lipinski definition) is 3. The molecule has 0 spiro atoms. The van der Waals surface area contributed by atoms with Crippen LogP contribution in [0.3, 0.4) is 0 Å². The molecule has 0 bridgehead atoms. The number of pyridine rings is 1. The van der Waals surface area contributed by atoms with E-state index in [0.29, 0.717) is 12.3 Å². The summed E-state index contributed by atoms with van der Waals surface area (Å²) >= 11 is 1.60. The van der Waals surface area contributed by atoms with Gasteiger partial charge in [-0.15, -0.1) is 11.3 Å². The van der Waals surface area contributed by atoms with Crippen molar-refractivity contribution in [3.8, 4) is 11.8 Å². The summed E-state index contributed by atoms with van der Waals surface area (Å²) in [6.45, 7) is 0.599. The molecule has 0 radical (unpaired) electrons. The number of methoxy groups -OCH3 is 1. The van der Waals surface area contributed by atoms with E-state index in [9.17, 15) is 4.39 Å². The van der Waals surface area contributed by atoms with Crippen LogP contribution in [0.25, 0.3) is 11.0 Å². The molecule has 3 rings (SSSR count). The van der Waals surface area contributed by atoms with E-state index in [4.69, 9.17) is 4.74 Å². The molecule has 20 heavy (non-hydrogen) atoms. The third-order valence-electron chi connectivity index (χ3n) is 2.71. The van der Waals surface area contributed by atoms with Crippen LogP contribution in [-0.4, -0.2) is 17.1 Å². The van der Waals surface area contributed by atoms with Crippen LogP contribution in [0.1, 0.15) is 15.4 Å². The average molecular weight is 286 g/mol. The Kier molecular flexibility index (Phi) is 3.50. The molecule has 1 N–H and O–H groups in total. The van der Waals surface area contributed by atoms with Gasteiger partial charge in [-0.2, -0.15) is 0 Å². The van der Waals surface area contributed by atoms with Gasteiger partial charge in [0.1, 0.15) is 11.5 Å². The number of rotatable bonds is 2. The van der Waals surface area contributed by atoms with Crippen LogP contribution >= 0.6 is 11.3 Å². The van der Waals surface area contributed by atoms with Gasteiger partial charge in [-0.05, 0) is 36.1 Å². The number of thiophene rings is 1. The molecule has 0 aliphatic rings. The van der Waals surface area contributed by atoms with Crippen LogP contribution in [-0.2, 0) is 11.3 Å². The summed E-state index contributed by atoms with van der Waals surface area (Å²) in [7, 11) is 1.67. The van der Waals surface area contributed by atoms with Crippen LogP contribution in [0.4, 0.5) is 4.39 Å². The maximum absolute atomic E-state index is 13.0. The number of H-pyrrole nitrogens is 1. The van der Waals surface area contributed by atoms with Crippen molar-refractivity contribution in [3.63, 3.8) is 0 Å². The molecule has 0 atom stereocenters. The number of nitrogens with one attached hydrogen (secondary N) is 1. The third kappa shape index (κ3) is 2.72. The maximum Gasteiger partial charge on any atom is 0.142 e. The smallest absolute Gasteiger partial charge is 0.142 e. The number of aromatic nitrogens is 2. The minimum absolute atomic E-state index is 0.349. The zero-order valence-corrected chi connectivity index (χ0v) is 11.6. The molecule has 3 nitrogen and oxygen atoms in total. The summed E-state index contributed by atoms with van der Waals surface area (Å²) in [4.78, 5) is 9.13. The Balaban J connectivity index is 1.87. The number of fused-ring (bicyclic) bond motifs is 1. The first kappa shape index (κ1) is 12.9. The largest absolute Gasteiger partial charge is 0.379 e. The molecule has 100 valence electrons. The van der Waals surface area contributed by atoms with Gasteiger partial charge in [-0.3, -0.25) is 0 Å².